The molecule has 27 heavy (non-hydrogen) atoms. The van der Waals surface area contributed by atoms with E-state index in [2.05, 4.69) is 20.0 Å². The van der Waals surface area contributed by atoms with E-state index in [0.717, 1.165) is 43.1 Å². The Balaban J connectivity index is 1.45. The molecule has 0 bridgehead atoms. The number of ether oxygens (including phenoxy) is 2. The van der Waals surface area contributed by atoms with Gasteiger partial charge < -0.3 is 14.4 Å². The van der Waals surface area contributed by atoms with Gasteiger partial charge in [0, 0.05) is 50.8 Å². The summed E-state index contributed by atoms with van der Waals surface area (Å²) in [6.45, 7) is 3.62. The maximum atomic E-state index is 12.0. The van der Waals surface area contributed by atoms with Crippen molar-refractivity contribution in [1.29, 1.82) is 0 Å². The fraction of sp³-hybridized carbons (Fsp3) is 0.444. The van der Waals surface area contributed by atoms with Crippen LogP contribution in [0.4, 0.5) is 5.82 Å². The second kappa shape index (κ2) is 6.90. The summed E-state index contributed by atoms with van der Waals surface area (Å²) in [6.07, 6.45) is 5.39. The van der Waals surface area contributed by atoms with Gasteiger partial charge in [0.15, 0.2) is 0 Å². The molecular weight excluding hydrogens is 348 g/mol. The molecule has 9 nitrogen and oxygen atoms in total. The Morgan fingerprint density at radius 2 is 2.00 bits per heavy atom. The van der Waals surface area contributed by atoms with E-state index in [4.69, 9.17) is 9.47 Å². The molecule has 142 valence electrons. The highest BCUT2D eigenvalue weighted by Crippen LogP contribution is 2.24. The van der Waals surface area contributed by atoms with E-state index < -0.39 is 0 Å². The van der Waals surface area contributed by atoms with Crippen LogP contribution in [0, 0.1) is 6.92 Å². The van der Waals surface area contributed by atoms with Crippen LogP contribution in [0.3, 0.4) is 0 Å². The molecule has 1 saturated heterocycles. The summed E-state index contributed by atoms with van der Waals surface area (Å²) < 4.78 is 13.9. The van der Waals surface area contributed by atoms with Crippen LogP contribution in [-0.4, -0.2) is 50.5 Å². The first-order valence-corrected chi connectivity index (χ1v) is 8.90. The van der Waals surface area contributed by atoms with E-state index in [-0.39, 0.29) is 11.8 Å². The standard InChI is InChI=1S/C18H22N6O3/c1-12-11-24-17(21-22(2)18(24)25)20-16(12)23-8-6-13(7-9-23)27-14-4-5-15(26-3)19-10-14/h4-5,10-11,13H,6-9H2,1-3H3. The molecule has 3 aromatic heterocycles. The van der Waals surface area contributed by atoms with Crippen LogP contribution in [0.5, 0.6) is 11.6 Å². The molecule has 0 aliphatic carbocycles. The quantitative estimate of drug-likeness (QED) is 0.682. The van der Waals surface area contributed by atoms with Crippen molar-refractivity contribution in [1.82, 2.24) is 24.1 Å². The van der Waals surface area contributed by atoms with Crippen molar-refractivity contribution in [3.05, 3.63) is 40.6 Å². The molecule has 4 rings (SSSR count). The highest BCUT2D eigenvalue weighted by atomic mass is 16.5. The van der Waals surface area contributed by atoms with Crippen molar-refractivity contribution in [3.63, 3.8) is 0 Å². The van der Waals surface area contributed by atoms with Gasteiger partial charge in [0.05, 0.1) is 13.3 Å². The molecule has 9 heteroatoms. The Morgan fingerprint density at radius 3 is 2.67 bits per heavy atom. The molecule has 1 fully saturated rings. The monoisotopic (exact) mass is 370 g/mol. The lowest BCUT2D eigenvalue weighted by Crippen LogP contribution is -2.39. The highest BCUT2D eigenvalue weighted by Gasteiger charge is 2.23. The van der Waals surface area contributed by atoms with Crippen LogP contribution < -0.4 is 20.1 Å². The van der Waals surface area contributed by atoms with Crippen LogP contribution >= 0.6 is 0 Å². The average molecular weight is 370 g/mol. The summed E-state index contributed by atoms with van der Waals surface area (Å²) in [5, 5.41) is 4.18. The van der Waals surface area contributed by atoms with Crippen molar-refractivity contribution in [2.45, 2.75) is 25.9 Å². The minimum absolute atomic E-state index is 0.137. The first kappa shape index (κ1) is 17.3. The molecule has 4 heterocycles. The molecule has 1 aliphatic rings. The zero-order valence-corrected chi connectivity index (χ0v) is 15.6. The first-order chi connectivity index (χ1) is 13.0. The molecule has 0 saturated carbocycles. The van der Waals surface area contributed by atoms with Crippen LogP contribution in [0.15, 0.2) is 29.3 Å². The van der Waals surface area contributed by atoms with E-state index in [0.29, 0.717) is 11.7 Å². The topological polar surface area (TPSA) is 86.8 Å². The maximum absolute atomic E-state index is 12.0. The number of hydrogen-bond donors (Lipinski definition) is 0. The Hall–Kier alpha value is -3.10. The van der Waals surface area contributed by atoms with Crippen LogP contribution in [0.2, 0.25) is 0 Å². The molecule has 0 unspecified atom stereocenters. The zero-order valence-electron chi connectivity index (χ0n) is 15.6. The van der Waals surface area contributed by atoms with E-state index in [1.165, 1.54) is 9.08 Å². The Labute approximate surface area is 156 Å². The van der Waals surface area contributed by atoms with Gasteiger partial charge in [-0.1, -0.05) is 0 Å². The number of pyridine rings is 1. The SMILES string of the molecule is COc1ccc(OC2CCN(c3nc4nn(C)c(=O)n4cc3C)CC2)cn1. The lowest BCUT2D eigenvalue weighted by molar-refractivity contribution is 0.170. The van der Waals surface area contributed by atoms with Crippen LogP contribution in [0.1, 0.15) is 18.4 Å². The smallest absolute Gasteiger partial charge is 0.351 e. The first-order valence-electron chi connectivity index (χ1n) is 8.90. The van der Waals surface area contributed by atoms with E-state index in [9.17, 15) is 4.79 Å². The van der Waals surface area contributed by atoms with Gasteiger partial charge in [-0.3, -0.25) is 0 Å². The number of piperidine rings is 1. The van der Waals surface area contributed by atoms with Gasteiger partial charge in [-0.25, -0.2) is 18.9 Å². The third-order valence-electron chi connectivity index (χ3n) is 4.78. The predicted octanol–water partition coefficient (Wildman–Crippen LogP) is 1.19. The van der Waals surface area contributed by atoms with Crippen LogP contribution in [-0.2, 0) is 7.05 Å². The summed E-state index contributed by atoms with van der Waals surface area (Å²) in [6, 6.07) is 3.67. The number of anilines is 1. The largest absolute Gasteiger partial charge is 0.489 e. The van der Waals surface area contributed by atoms with Gasteiger partial charge in [-0.05, 0) is 13.0 Å². The molecule has 0 radical (unpaired) electrons. The molecule has 0 amide bonds. The Bertz CT molecular complexity index is 1000. The van der Waals surface area contributed by atoms with E-state index in [1.807, 2.05) is 13.0 Å². The van der Waals surface area contributed by atoms with Gasteiger partial charge in [0.1, 0.15) is 17.7 Å². The van der Waals surface area contributed by atoms with Crippen molar-refractivity contribution < 1.29 is 9.47 Å². The molecule has 0 spiro atoms. The summed E-state index contributed by atoms with van der Waals surface area (Å²) in [5.41, 5.74) is 0.767. The highest BCUT2D eigenvalue weighted by molar-refractivity contribution is 5.50. The Kier molecular flexibility index (Phi) is 4.43. The van der Waals surface area contributed by atoms with Gasteiger partial charge in [0.2, 0.25) is 5.88 Å². The third-order valence-corrected chi connectivity index (χ3v) is 4.78. The number of nitrogens with zero attached hydrogens (tertiary/aromatic N) is 6. The fourth-order valence-corrected chi connectivity index (χ4v) is 3.35. The lowest BCUT2D eigenvalue weighted by atomic mass is 10.1. The number of hydrogen-bond acceptors (Lipinski definition) is 7. The van der Waals surface area contributed by atoms with E-state index >= 15 is 0 Å². The van der Waals surface area contributed by atoms with Gasteiger partial charge in [-0.15, -0.1) is 5.10 Å². The second-order valence-electron chi connectivity index (χ2n) is 6.66. The molecule has 0 N–H and O–H groups in total. The Morgan fingerprint density at radius 1 is 1.22 bits per heavy atom. The van der Waals surface area contributed by atoms with Gasteiger partial charge >= 0.3 is 5.69 Å². The summed E-state index contributed by atoms with van der Waals surface area (Å²) in [5.74, 6) is 2.61. The molecule has 0 aromatic carbocycles. The zero-order chi connectivity index (χ0) is 19.0. The number of aryl methyl sites for hydroxylation is 2. The molecule has 3 aromatic rings. The summed E-state index contributed by atoms with van der Waals surface area (Å²) in [7, 11) is 3.22. The average Bonchev–Trinajstić information content (AvgIpc) is 2.96. The third kappa shape index (κ3) is 3.32. The fourth-order valence-electron chi connectivity index (χ4n) is 3.35. The van der Waals surface area contributed by atoms with Crippen molar-refractivity contribution in [2.75, 3.05) is 25.1 Å². The number of fused-ring (bicyclic) bond motifs is 1. The molecular formula is C18H22N6O3. The minimum atomic E-state index is -0.188. The number of methoxy groups -OCH3 is 1. The van der Waals surface area contributed by atoms with Gasteiger partial charge in [-0.2, -0.15) is 4.98 Å². The second-order valence-corrected chi connectivity index (χ2v) is 6.66. The number of rotatable bonds is 4. The summed E-state index contributed by atoms with van der Waals surface area (Å²) in [4.78, 5) is 23.0. The number of aromatic nitrogens is 5. The van der Waals surface area contributed by atoms with Gasteiger partial charge in [0.25, 0.3) is 5.78 Å². The molecule has 0 atom stereocenters. The van der Waals surface area contributed by atoms with Crippen molar-refractivity contribution in [2.24, 2.45) is 7.05 Å². The summed E-state index contributed by atoms with van der Waals surface area (Å²) >= 11 is 0. The maximum Gasteiger partial charge on any atom is 0.351 e. The predicted molar refractivity (Wildman–Crippen MR) is 99.6 cm³/mol. The van der Waals surface area contributed by atoms with Crippen LogP contribution in [0.25, 0.3) is 5.78 Å². The van der Waals surface area contributed by atoms with E-state index in [1.54, 1.807) is 32.6 Å². The van der Waals surface area contributed by atoms with Crippen molar-refractivity contribution >= 4 is 11.6 Å². The lowest BCUT2D eigenvalue weighted by Gasteiger charge is -2.33. The molecule has 1 aliphatic heterocycles. The minimum Gasteiger partial charge on any atom is -0.489 e. The van der Waals surface area contributed by atoms with Crippen molar-refractivity contribution in [3.8, 4) is 11.6 Å². The normalized spacial score (nSPS) is 15.3.